The van der Waals surface area contributed by atoms with Crippen molar-refractivity contribution in [3.63, 3.8) is 0 Å². The largest absolute Gasteiger partial charge is 0.368 e. The highest BCUT2D eigenvalue weighted by molar-refractivity contribution is 4.91. The maximum Gasteiger partial charge on any atom is 0.151 e. The molecule has 1 aliphatic carbocycles. The number of fused-ring (bicyclic) bond motifs is 2. The van der Waals surface area contributed by atoms with Crippen LogP contribution in [0.3, 0.4) is 0 Å². The quantitative estimate of drug-likeness (QED) is 0.658. The number of nitrogens with zero attached hydrogens (tertiary/aromatic N) is 1. The van der Waals surface area contributed by atoms with Crippen molar-refractivity contribution in [3.05, 3.63) is 0 Å². The number of hydrogen-bond donors (Lipinski definition) is 1. The molecule has 1 N–H and O–H groups in total. The number of hydrogen-bond acceptors (Lipinski definition) is 3. The molecule has 0 aromatic heterocycles. The fraction of sp³-hybridized carbons (Fsp3) is 1.00. The average Bonchev–Trinajstić information content (AvgIpc) is 2.64. The third kappa shape index (κ3) is 2.22. The zero-order valence-corrected chi connectivity index (χ0v) is 8.28. The van der Waals surface area contributed by atoms with E-state index in [-0.39, 0.29) is 0 Å². The summed E-state index contributed by atoms with van der Waals surface area (Å²) in [4.78, 5) is 2.51. The molecular formula is C10H19NO2. The van der Waals surface area contributed by atoms with E-state index in [9.17, 15) is 0 Å². The summed E-state index contributed by atoms with van der Waals surface area (Å²) in [5.74, 6) is 0.955. The standard InChI is InChI=1S/C10H19NO2/c1-8(12)13-5-4-11-7-9-2-3-10(11)6-9/h8-10,12H,2-7H2,1H3. The lowest BCUT2D eigenvalue weighted by molar-refractivity contribution is -0.0904. The third-order valence-corrected chi connectivity index (χ3v) is 3.26. The van der Waals surface area contributed by atoms with Crippen LogP contribution in [0.25, 0.3) is 0 Å². The topological polar surface area (TPSA) is 32.7 Å². The number of piperidine rings is 1. The minimum Gasteiger partial charge on any atom is -0.368 e. The fourth-order valence-corrected chi connectivity index (χ4v) is 2.64. The summed E-state index contributed by atoms with van der Waals surface area (Å²) < 4.78 is 5.13. The van der Waals surface area contributed by atoms with Gasteiger partial charge < -0.3 is 9.84 Å². The molecule has 0 aromatic rings. The first-order valence-electron chi connectivity index (χ1n) is 5.29. The fourth-order valence-electron chi connectivity index (χ4n) is 2.64. The SMILES string of the molecule is CC(O)OCCN1CC2CCC1C2. The van der Waals surface area contributed by atoms with Crippen molar-refractivity contribution >= 4 is 0 Å². The highest BCUT2D eigenvalue weighted by Gasteiger charge is 2.37. The second kappa shape index (κ2) is 3.95. The van der Waals surface area contributed by atoms with Gasteiger partial charge in [-0.05, 0) is 32.1 Å². The Morgan fingerprint density at radius 2 is 2.38 bits per heavy atom. The van der Waals surface area contributed by atoms with Crippen LogP contribution in [0.15, 0.2) is 0 Å². The zero-order valence-electron chi connectivity index (χ0n) is 8.28. The van der Waals surface area contributed by atoms with Gasteiger partial charge in [-0.1, -0.05) is 0 Å². The summed E-state index contributed by atoms with van der Waals surface area (Å²) in [6.07, 6.45) is 3.59. The van der Waals surface area contributed by atoms with Gasteiger partial charge in [-0.3, -0.25) is 4.90 Å². The predicted molar refractivity (Wildman–Crippen MR) is 50.3 cm³/mol. The van der Waals surface area contributed by atoms with Gasteiger partial charge in [0.2, 0.25) is 0 Å². The van der Waals surface area contributed by atoms with E-state index < -0.39 is 6.29 Å². The second-order valence-electron chi connectivity index (χ2n) is 4.30. The van der Waals surface area contributed by atoms with Crippen molar-refractivity contribution in [1.82, 2.24) is 4.90 Å². The molecule has 3 nitrogen and oxygen atoms in total. The first kappa shape index (κ1) is 9.44. The van der Waals surface area contributed by atoms with Gasteiger partial charge in [0.1, 0.15) is 0 Å². The van der Waals surface area contributed by atoms with Gasteiger partial charge in [0, 0.05) is 19.1 Å². The van der Waals surface area contributed by atoms with Gasteiger partial charge >= 0.3 is 0 Å². The van der Waals surface area contributed by atoms with Gasteiger partial charge in [0.25, 0.3) is 0 Å². The number of aliphatic hydroxyl groups excluding tert-OH is 1. The van der Waals surface area contributed by atoms with Crippen LogP contribution in [0.1, 0.15) is 26.2 Å². The lowest BCUT2D eigenvalue weighted by atomic mass is 10.1. The molecule has 0 spiro atoms. The molecule has 76 valence electrons. The Balaban J connectivity index is 1.66. The first-order chi connectivity index (χ1) is 6.25. The summed E-state index contributed by atoms with van der Waals surface area (Å²) in [5, 5.41) is 8.92. The normalized spacial score (nSPS) is 35.5. The minimum absolute atomic E-state index is 0.611. The molecule has 0 radical (unpaired) electrons. The zero-order chi connectivity index (χ0) is 9.26. The molecule has 0 aromatic carbocycles. The van der Waals surface area contributed by atoms with Crippen LogP contribution in [-0.2, 0) is 4.74 Å². The van der Waals surface area contributed by atoms with E-state index in [0.29, 0.717) is 6.61 Å². The Hall–Kier alpha value is -0.120. The predicted octanol–water partition coefficient (Wildman–Crippen LogP) is 0.826. The van der Waals surface area contributed by atoms with E-state index in [2.05, 4.69) is 4.90 Å². The maximum atomic E-state index is 8.92. The summed E-state index contributed by atoms with van der Waals surface area (Å²) in [6.45, 7) is 4.58. The Morgan fingerprint density at radius 1 is 1.54 bits per heavy atom. The molecule has 3 unspecified atom stereocenters. The van der Waals surface area contributed by atoms with E-state index in [1.54, 1.807) is 6.92 Å². The van der Waals surface area contributed by atoms with Gasteiger partial charge in [-0.2, -0.15) is 0 Å². The van der Waals surface area contributed by atoms with E-state index >= 15 is 0 Å². The van der Waals surface area contributed by atoms with E-state index in [1.807, 2.05) is 0 Å². The first-order valence-corrected chi connectivity index (χ1v) is 5.29. The van der Waals surface area contributed by atoms with Crippen molar-refractivity contribution in [2.75, 3.05) is 19.7 Å². The molecule has 3 heteroatoms. The van der Waals surface area contributed by atoms with E-state index in [4.69, 9.17) is 9.84 Å². The van der Waals surface area contributed by atoms with Gasteiger partial charge in [0.15, 0.2) is 6.29 Å². The van der Waals surface area contributed by atoms with Crippen molar-refractivity contribution in [2.45, 2.75) is 38.5 Å². The van der Waals surface area contributed by atoms with Crippen LogP contribution in [0, 0.1) is 5.92 Å². The molecule has 1 aliphatic heterocycles. The summed E-state index contributed by atoms with van der Waals surface area (Å²) in [5.41, 5.74) is 0. The Morgan fingerprint density at radius 3 is 2.92 bits per heavy atom. The van der Waals surface area contributed by atoms with Gasteiger partial charge in [-0.25, -0.2) is 0 Å². The van der Waals surface area contributed by atoms with Crippen molar-refractivity contribution in [1.29, 1.82) is 0 Å². The number of aliphatic hydroxyl groups is 1. The summed E-state index contributed by atoms with van der Waals surface area (Å²) in [7, 11) is 0. The molecule has 1 saturated carbocycles. The number of ether oxygens (including phenoxy) is 1. The Kier molecular flexibility index (Phi) is 2.86. The minimum atomic E-state index is -0.611. The molecule has 1 heterocycles. The van der Waals surface area contributed by atoms with Crippen LogP contribution < -0.4 is 0 Å². The van der Waals surface area contributed by atoms with Gasteiger partial charge in [-0.15, -0.1) is 0 Å². The Labute approximate surface area is 79.7 Å². The third-order valence-electron chi connectivity index (χ3n) is 3.26. The molecule has 2 aliphatic rings. The summed E-state index contributed by atoms with van der Waals surface area (Å²) >= 11 is 0. The highest BCUT2D eigenvalue weighted by Crippen LogP contribution is 2.36. The monoisotopic (exact) mass is 185 g/mol. The molecule has 1 saturated heterocycles. The Bertz CT molecular complexity index is 172. The van der Waals surface area contributed by atoms with Crippen LogP contribution in [-0.4, -0.2) is 42.0 Å². The van der Waals surface area contributed by atoms with Gasteiger partial charge in [0.05, 0.1) is 6.61 Å². The average molecular weight is 185 g/mol. The molecule has 2 bridgehead atoms. The van der Waals surface area contributed by atoms with Crippen LogP contribution in [0.2, 0.25) is 0 Å². The lowest BCUT2D eigenvalue weighted by Crippen LogP contribution is -2.35. The van der Waals surface area contributed by atoms with Crippen LogP contribution >= 0.6 is 0 Å². The van der Waals surface area contributed by atoms with E-state index in [0.717, 1.165) is 18.5 Å². The van der Waals surface area contributed by atoms with Crippen molar-refractivity contribution in [3.8, 4) is 0 Å². The molecule has 0 amide bonds. The van der Waals surface area contributed by atoms with Crippen LogP contribution in [0.5, 0.6) is 0 Å². The summed E-state index contributed by atoms with van der Waals surface area (Å²) in [6, 6.07) is 0.822. The van der Waals surface area contributed by atoms with Crippen molar-refractivity contribution < 1.29 is 9.84 Å². The maximum absolute atomic E-state index is 8.92. The van der Waals surface area contributed by atoms with Crippen LogP contribution in [0.4, 0.5) is 0 Å². The number of rotatable bonds is 4. The number of likely N-dealkylation sites (tertiary alicyclic amines) is 1. The van der Waals surface area contributed by atoms with Crippen molar-refractivity contribution in [2.24, 2.45) is 5.92 Å². The second-order valence-corrected chi connectivity index (χ2v) is 4.30. The lowest BCUT2D eigenvalue weighted by Gasteiger charge is -2.26. The highest BCUT2D eigenvalue weighted by atomic mass is 16.6. The molecule has 2 fully saturated rings. The molecule has 3 atom stereocenters. The van der Waals surface area contributed by atoms with E-state index in [1.165, 1.54) is 25.8 Å². The molecular weight excluding hydrogens is 166 g/mol. The molecule has 13 heavy (non-hydrogen) atoms. The molecule has 2 rings (SSSR count). The smallest absolute Gasteiger partial charge is 0.151 e.